The lowest BCUT2D eigenvalue weighted by Crippen LogP contribution is -2.40. The fourth-order valence-electron chi connectivity index (χ4n) is 3.80. The molecule has 18 heavy (non-hydrogen) atoms. The van der Waals surface area contributed by atoms with Crippen molar-refractivity contribution in [3.05, 3.63) is 23.0 Å². The summed E-state index contributed by atoms with van der Waals surface area (Å²) in [6.07, 6.45) is 7.05. The number of fused-ring (bicyclic) bond motifs is 2. The van der Waals surface area contributed by atoms with Crippen LogP contribution < -0.4 is 5.32 Å². The van der Waals surface area contributed by atoms with Crippen molar-refractivity contribution in [2.75, 3.05) is 0 Å². The van der Waals surface area contributed by atoms with Gasteiger partial charge in [-0.05, 0) is 50.0 Å². The highest BCUT2D eigenvalue weighted by molar-refractivity contribution is 6.30. The second-order valence-corrected chi connectivity index (χ2v) is 6.27. The molecule has 1 heterocycles. The fraction of sp³-hybridized carbons (Fsp3) is 0.643. The number of hydrogen-bond acceptors (Lipinski definition) is 1. The second-order valence-electron chi connectivity index (χ2n) is 5.83. The van der Waals surface area contributed by atoms with E-state index in [2.05, 4.69) is 17.2 Å². The lowest BCUT2D eigenvalue weighted by atomic mass is 9.84. The zero-order chi connectivity index (χ0) is 12.7. The van der Waals surface area contributed by atoms with E-state index in [9.17, 15) is 4.79 Å². The van der Waals surface area contributed by atoms with Crippen LogP contribution in [0.25, 0.3) is 0 Å². The minimum atomic E-state index is -0.0443. The first-order valence-corrected chi connectivity index (χ1v) is 7.16. The molecule has 3 nitrogen and oxygen atoms in total. The Morgan fingerprint density at radius 2 is 2.33 bits per heavy atom. The number of H-pyrrole nitrogens is 1. The molecule has 1 amide bonds. The number of amides is 1. The molecule has 0 radical (unpaired) electrons. The highest BCUT2D eigenvalue weighted by Crippen LogP contribution is 2.49. The van der Waals surface area contributed by atoms with E-state index in [4.69, 9.17) is 11.6 Å². The van der Waals surface area contributed by atoms with E-state index in [0.29, 0.717) is 16.6 Å². The minimum Gasteiger partial charge on any atom is -0.356 e. The van der Waals surface area contributed by atoms with Crippen molar-refractivity contribution in [1.82, 2.24) is 10.3 Å². The van der Waals surface area contributed by atoms with Gasteiger partial charge in [0.1, 0.15) is 5.69 Å². The molecule has 0 aromatic carbocycles. The van der Waals surface area contributed by atoms with Crippen LogP contribution in [-0.4, -0.2) is 16.9 Å². The van der Waals surface area contributed by atoms with Crippen molar-refractivity contribution in [3.63, 3.8) is 0 Å². The first-order chi connectivity index (χ1) is 8.63. The van der Waals surface area contributed by atoms with Gasteiger partial charge in [-0.1, -0.05) is 18.0 Å². The largest absolute Gasteiger partial charge is 0.356 e. The molecule has 2 aliphatic carbocycles. The predicted octanol–water partition coefficient (Wildman–Crippen LogP) is 3.22. The summed E-state index contributed by atoms with van der Waals surface area (Å²) >= 11 is 5.81. The van der Waals surface area contributed by atoms with Gasteiger partial charge in [0.15, 0.2) is 0 Å². The molecule has 2 N–H and O–H groups in total. The van der Waals surface area contributed by atoms with E-state index >= 15 is 0 Å². The van der Waals surface area contributed by atoms with Crippen LogP contribution >= 0.6 is 11.6 Å². The monoisotopic (exact) mass is 266 g/mol. The molecule has 2 saturated carbocycles. The van der Waals surface area contributed by atoms with Crippen LogP contribution in [0.3, 0.4) is 0 Å². The number of aromatic nitrogens is 1. The van der Waals surface area contributed by atoms with Crippen LogP contribution in [0.5, 0.6) is 0 Å². The second kappa shape index (κ2) is 4.61. The van der Waals surface area contributed by atoms with E-state index in [1.165, 1.54) is 25.7 Å². The molecule has 2 aliphatic rings. The van der Waals surface area contributed by atoms with Gasteiger partial charge in [-0.2, -0.15) is 0 Å². The van der Waals surface area contributed by atoms with Gasteiger partial charge in [0, 0.05) is 12.2 Å². The maximum absolute atomic E-state index is 12.0. The normalized spacial score (nSPS) is 31.6. The van der Waals surface area contributed by atoms with Crippen molar-refractivity contribution in [3.8, 4) is 0 Å². The molecular formula is C14H19ClN2O. The number of hydrogen-bond donors (Lipinski definition) is 2. The van der Waals surface area contributed by atoms with Gasteiger partial charge < -0.3 is 10.3 Å². The number of halogens is 1. The summed E-state index contributed by atoms with van der Waals surface area (Å²) in [7, 11) is 0. The van der Waals surface area contributed by atoms with Crippen LogP contribution in [0.1, 0.15) is 43.1 Å². The van der Waals surface area contributed by atoms with Gasteiger partial charge in [-0.25, -0.2) is 0 Å². The Morgan fingerprint density at radius 3 is 2.89 bits per heavy atom. The van der Waals surface area contributed by atoms with Crippen molar-refractivity contribution in [2.45, 2.75) is 38.6 Å². The third kappa shape index (κ3) is 2.16. The SMILES string of the molecule is C[C@@H](NC(=O)c1cc(Cl)c[nH]1)[C@H]1C[C@H]2CC[C@H]1C2. The molecule has 2 fully saturated rings. The molecule has 1 aromatic heterocycles. The molecule has 1 aromatic rings. The van der Waals surface area contributed by atoms with E-state index in [1.54, 1.807) is 12.3 Å². The first-order valence-electron chi connectivity index (χ1n) is 6.78. The summed E-state index contributed by atoms with van der Waals surface area (Å²) in [6.45, 7) is 2.13. The van der Waals surface area contributed by atoms with Crippen LogP contribution in [0, 0.1) is 17.8 Å². The van der Waals surface area contributed by atoms with Crippen LogP contribution in [0.2, 0.25) is 5.02 Å². The Bertz CT molecular complexity index is 456. The summed E-state index contributed by atoms with van der Waals surface area (Å²) in [5, 5.41) is 3.68. The Labute approximate surface area is 112 Å². The minimum absolute atomic E-state index is 0.0443. The van der Waals surface area contributed by atoms with Crippen LogP contribution in [-0.2, 0) is 0 Å². The Morgan fingerprint density at radius 1 is 1.50 bits per heavy atom. The lowest BCUT2D eigenvalue weighted by molar-refractivity contribution is 0.0911. The molecule has 98 valence electrons. The fourth-order valence-corrected chi connectivity index (χ4v) is 3.96. The molecule has 3 rings (SSSR count). The van der Waals surface area contributed by atoms with Crippen molar-refractivity contribution >= 4 is 17.5 Å². The molecular weight excluding hydrogens is 248 g/mol. The smallest absolute Gasteiger partial charge is 0.267 e. The molecule has 4 atom stereocenters. The quantitative estimate of drug-likeness (QED) is 0.867. The van der Waals surface area contributed by atoms with Gasteiger partial charge in [0.05, 0.1) is 5.02 Å². The zero-order valence-corrected chi connectivity index (χ0v) is 11.3. The van der Waals surface area contributed by atoms with Gasteiger partial charge in [-0.3, -0.25) is 4.79 Å². The Balaban J connectivity index is 1.61. The molecule has 0 spiro atoms. The van der Waals surface area contributed by atoms with Crippen LogP contribution in [0.4, 0.5) is 0 Å². The number of carbonyl (C=O) groups excluding carboxylic acids is 1. The summed E-state index contributed by atoms with van der Waals surface area (Å²) in [6, 6.07) is 1.93. The average molecular weight is 267 g/mol. The lowest BCUT2D eigenvalue weighted by Gasteiger charge is -2.28. The van der Waals surface area contributed by atoms with Crippen molar-refractivity contribution in [2.24, 2.45) is 17.8 Å². The standard InChI is InChI=1S/C14H19ClN2O/c1-8(12-5-9-2-3-10(12)4-9)17-14(18)13-6-11(15)7-16-13/h6-10,12,16H,2-5H2,1H3,(H,17,18)/t8-,9+,10+,12-/m1/s1. The summed E-state index contributed by atoms with van der Waals surface area (Å²) < 4.78 is 0. The number of rotatable bonds is 3. The summed E-state index contributed by atoms with van der Waals surface area (Å²) in [4.78, 5) is 14.9. The van der Waals surface area contributed by atoms with Gasteiger partial charge >= 0.3 is 0 Å². The third-order valence-electron chi connectivity index (χ3n) is 4.69. The maximum atomic E-state index is 12.0. The molecule has 0 unspecified atom stereocenters. The maximum Gasteiger partial charge on any atom is 0.267 e. The molecule has 2 bridgehead atoms. The number of nitrogens with one attached hydrogen (secondary N) is 2. The molecule has 0 saturated heterocycles. The summed E-state index contributed by atoms with van der Waals surface area (Å²) in [5.74, 6) is 2.37. The van der Waals surface area contributed by atoms with Crippen molar-refractivity contribution in [1.29, 1.82) is 0 Å². The van der Waals surface area contributed by atoms with E-state index in [1.807, 2.05) is 0 Å². The summed E-state index contributed by atoms with van der Waals surface area (Å²) in [5.41, 5.74) is 0.551. The topological polar surface area (TPSA) is 44.9 Å². The van der Waals surface area contributed by atoms with E-state index in [-0.39, 0.29) is 11.9 Å². The Hall–Kier alpha value is -0.960. The Kier molecular flexibility index (Phi) is 3.10. The average Bonchev–Trinajstić information content (AvgIpc) is 3.03. The van der Waals surface area contributed by atoms with Gasteiger partial charge in [-0.15, -0.1) is 0 Å². The molecule has 4 heteroatoms. The van der Waals surface area contributed by atoms with E-state index in [0.717, 1.165) is 11.8 Å². The van der Waals surface area contributed by atoms with Gasteiger partial charge in [0.2, 0.25) is 0 Å². The number of carbonyl (C=O) groups is 1. The highest BCUT2D eigenvalue weighted by Gasteiger charge is 2.42. The van der Waals surface area contributed by atoms with E-state index < -0.39 is 0 Å². The molecule has 0 aliphatic heterocycles. The third-order valence-corrected chi connectivity index (χ3v) is 4.90. The van der Waals surface area contributed by atoms with Gasteiger partial charge in [0.25, 0.3) is 5.91 Å². The first kappa shape index (κ1) is 12.1. The zero-order valence-electron chi connectivity index (χ0n) is 10.6. The predicted molar refractivity (Wildman–Crippen MR) is 71.7 cm³/mol. The number of aromatic amines is 1. The van der Waals surface area contributed by atoms with Crippen LogP contribution in [0.15, 0.2) is 12.3 Å². The highest BCUT2D eigenvalue weighted by atomic mass is 35.5. The van der Waals surface area contributed by atoms with Crippen molar-refractivity contribution < 1.29 is 4.79 Å².